The van der Waals surface area contributed by atoms with Crippen LogP contribution in [0.15, 0.2) is 96.5 Å². The average Bonchev–Trinajstić information content (AvgIpc) is 3.12. The van der Waals surface area contributed by atoms with Crippen molar-refractivity contribution in [2.45, 2.75) is 25.9 Å². The van der Waals surface area contributed by atoms with E-state index in [1.807, 2.05) is 67.6 Å². The number of allylic oxidation sites excluding steroid dienone is 1. The molecule has 1 aliphatic rings. The number of carbonyl (C=O) groups excluding carboxylic acids is 2. The minimum absolute atomic E-state index is 0.0497. The molecule has 1 N–H and O–H groups in total. The summed E-state index contributed by atoms with van der Waals surface area (Å²) in [5.41, 5.74) is 2.37. The maximum atomic E-state index is 13.3. The lowest BCUT2D eigenvalue weighted by atomic mass is 9.95. The van der Waals surface area contributed by atoms with Gasteiger partial charge in [0.1, 0.15) is 5.75 Å². The van der Waals surface area contributed by atoms with Crippen LogP contribution in [0.25, 0.3) is 6.08 Å². The minimum atomic E-state index is -0.759. The van der Waals surface area contributed by atoms with Crippen LogP contribution in [0.2, 0.25) is 0 Å². The van der Waals surface area contributed by atoms with Gasteiger partial charge in [-0.05, 0) is 47.4 Å². The summed E-state index contributed by atoms with van der Waals surface area (Å²) in [6, 6.07) is 19.6. The lowest BCUT2D eigenvalue weighted by Crippen LogP contribution is -2.30. The number of ketones is 1. The summed E-state index contributed by atoms with van der Waals surface area (Å²) in [5.74, 6) is -0.902. The number of carbonyl (C=O) groups is 2. The fraction of sp³-hybridized carbons (Fsp3) is 0.179. The van der Waals surface area contributed by atoms with Gasteiger partial charge in [-0.15, -0.1) is 0 Å². The van der Waals surface area contributed by atoms with E-state index in [1.165, 1.54) is 11.0 Å². The lowest BCUT2D eigenvalue weighted by molar-refractivity contribution is -0.130. The van der Waals surface area contributed by atoms with Gasteiger partial charge in [0.25, 0.3) is 5.91 Å². The molecule has 2 heterocycles. The third-order valence-electron chi connectivity index (χ3n) is 5.52. The predicted molar refractivity (Wildman–Crippen MR) is 130 cm³/mol. The van der Waals surface area contributed by atoms with E-state index in [9.17, 15) is 14.7 Å². The highest BCUT2D eigenvalue weighted by atomic mass is 16.5. The van der Waals surface area contributed by atoms with Crippen LogP contribution < -0.4 is 4.74 Å². The van der Waals surface area contributed by atoms with Crippen molar-refractivity contribution < 1.29 is 19.4 Å². The number of aromatic nitrogens is 1. The molecule has 0 saturated heterocycles. The first-order chi connectivity index (χ1) is 16.6. The molecule has 3 aromatic rings. The van der Waals surface area contributed by atoms with Gasteiger partial charge < -0.3 is 14.7 Å². The molecule has 1 amide bonds. The first-order valence-corrected chi connectivity index (χ1v) is 11.2. The number of pyridine rings is 1. The molecule has 6 heteroatoms. The molecule has 1 aliphatic heterocycles. The molecule has 2 aromatic carbocycles. The highest BCUT2D eigenvalue weighted by molar-refractivity contribution is 6.14. The molecule has 1 aromatic heterocycles. The second-order valence-corrected chi connectivity index (χ2v) is 7.99. The van der Waals surface area contributed by atoms with Gasteiger partial charge in [0.05, 0.1) is 18.2 Å². The summed E-state index contributed by atoms with van der Waals surface area (Å²) in [6.45, 7) is 2.77. The van der Waals surface area contributed by atoms with Crippen LogP contribution in [-0.2, 0) is 16.1 Å². The Labute approximate surface area is 198 Å². The molecule has 4 rings (SSSR count). The minimum Gasteiger partial charge on any atom is -0.503 e. The molecule has 0 radical (unpaired) electrons. The van der Waals surface area contributed by atoms with E-state index in [1.54, 1.807) is 24.5 Å². The van der Waals surface area contributed by atoms with E-state index < -0.39 is 23.5 Å². The van der Waals surface area contributed by atoms with Gasteiger partial charge in [-0.2, -0.15) is 0 Å². The predicted octanol–water partition coefficient (Wildman–Crippen LogP) is 5.05. The van der Waals surface area contributed by atoms with Crippen LogP contribution in [0.3, 0.4) is 0 Å². The van der Waals surface area contributed by atoms with Crippen molar-refractivity contribution in [3.05, 3.63) is 113 Å². The number of rotatable bonds is 9. The fourth-order valence-corrected chi connectivity index (χ4v) is 3.92. The first kappa shape index (κ1) is 23.0. The number of hydrogen-bond acceptors (Lipinski definition) is 5. The molecular formula is C28H26N2O4. The lowest BCUT2D eigenvalue weighted by Gasteiger charge is -2.27. The molecule has 1 unspecified atom stereocenters. The molecule has 0 saturated carbocycles. The first-order valence-electron chi connectivity index (χ1n) is 11.2. The quantitative estimate of drug-likeness (QED) is 0.458. The van der Waals surface area contributed by atoms with Crippen molar-refractivity contribution in [2.75, 3.05) is 6.61 Å². The van der Waals surface area contributed by atoms with Gasteiger partial charge in [-0.25, -0.2) is 0 Å². The van der Waals surface area contributed by atoms with Crippen molar-refractivity contribution >= 4 is 17.8 Å². The van der Waals surface area contributed by atoms with Crippen molar-refractivity contribution in [3.63, 3.8) is 0 Å². The van der Waals surface area contributed by atoms with Crippen LogP contribution in [0.5, 0.6) is 5.75 Å². The fourth-order valence-electron chi connectivity index (χ4n) is 3.92. The normalized spacial score (nSPS) is 15.9. The topological polar surface area (TPSA) is 79.7 Å². The summed E-state index contributed by atoms with van der Waals surface area (Å²) >= 11 is 0. The van der Waals surface area contributed by atoms with Gasteiger partial charge in [0.15, 0.2) is 11.5 Å². The standard InChI is InChI=1S/C28H26N2O4/c1-2-16-34-23-12-6-11-22(17-23)26-25(24(31)14-13-20-8-4-3-5-9-20)27(32)28(33)30(26)19-21-10-7-15-29-18-21/h3-15,17-18,26,32H,2,16,19H2,1H3/b14-13+. The van der Waals surface area contributed by atoms with Gasteiger partial charge in [0.2, 0.25) is 0 Å². The van der Waals surface area contributed by atoms with Crippen LogP contribution in [-0.4, -0.2) is 33.3 Å². The average molecular weight is 455 g/mol. The number of aliphatic hydroxyl groups excluding tert-OH is 1. The molecular weight excluding hydrogens is 428 g/mol. The van der Waals surface area contributed by atoms with Gasteiger partial charge in [-0.3, -0.25) is 14.6 Å². The molecule has 6 nitrogen and oxygen atoms in total. The molecule has 0 aliphatic carbocycles. The Balaban J connectivity index is 1.72. The third kappa shape index (κ3) is 5.07. The highest BCUT2D eigenvalue weighted by Crippen LogP contribution is 2.40. The summed E-state index contributed by atoms with van der Waals surface area (Å²) in [5, 5.41) is 10.8. The second kappa shape index (κ2) is 10.6. The largest absolute Gasteiger partial charge is 0.503 e. The molecule has 34 heavy (non-hydrogen) atoms. The zero-order chi connectivity index (χ0) is 23.9. The Hall–Kier alpha value is -4.19. The van der Waals surface area contributed by atoms with Crippen molar-refractivity contribution in [2.24, 2.45) is 0 Å². The summed E-state index contributed by atoms with van der Waals surface area (Å²) in [7, 11) is 0. The molecule has 0 fully saturated rings. The van der Waals surface area contributed by atoms with Crippen LogP contribution in [0, 0.1) is 0 Å². The Morgan fingerprint density at radius 3 is 2.68 bits per heavy atom. The smallest absolute Gasteiger partial charge is 0.290 e. The number of nitrogens with zero attached hydrogens (tertiary/aromatic N) is 2. The van der Waals surface area contributed by atoms with Crippen LogP contribution in [0.4, 0.5) is 0 Å². The second-order valence-electron chi connectivity index (χ2n) is 7.99. The number of benzene rings is 2. The summed E-state index contributed by atoms with van der Waals surface area (Å²) in [4.78, 5) is 32.0. The Kier molecular flexibility index (Phi) is 7.18. The van der Waals surface area contributed by atoms with E-state index in [2.05, 4.69) is 4.98 Å². The third-order valence-corrected chi connectivity index (χ3v) is 5.52. The molecule has 172 valence electrons. The van der Waals surface area contributed by atoms with Gasteiger partial charge in [-0.1, -0.05) is 61.5 Å². The van der Waals surface area contributed by atoms with Crippen molar-refractivity contribution in [1.82, 2.24) is 9.88 Å². The van der Waals surface area contributed by atoms with Crippen molar-refractivity contribution in [3.8, 4) is 5.75 Å². The van der Waals surface area contributed by atoms with E-state index in [0.29, 0.717) is 17.9 Å². The van der Waals surface area contributed by atoms with Crippen LogP contribution >= 0.6 is 0 Å². The van der Waals surface area contributed by atoms with E-state index >= 15 is 0 Å². The maximum Gasteiger partial charge on any atom is 0.290 e. The Morgan fingerprint density at radius 1 is 1.12 bits per heavy atom. The van der Waals surface area contributed by atoms with E-state index in [4.69, 9.17) is 4.74 Å². The zero-order valence-corrected chi connectivity index (χ0v) is 18.9. The summed E-state index contributed by atoms with van der Waals surface area (Å²) in [6.07, 6.45) is 7.24. The SMILES string of the molecule is CCCOc1cccc(C2C(C(=O)/C=C/c3ccccc3)=C(O)C(=O)N2Cc2cccnc2)c1. The molecule has 0 spiro atoms. The van der Waals surface area contributed by atoms with Gasteiger partial charge >= 0.3 is 0 Å². The maximum absolute atomic E-state index is 13.3. The Morgan fingerprint density at radius 2 is 1.94 bits per heavy atom. The Bertz CT molecular complexity index is 1220. The van der Waals surface area contributed by atoms with Crippen LogP contribution in [0.1, 0.15) is 36.1 Å². The number of hydrogen-bond donors (Lipinski definition) is 1. The molecule has 1 atom stereocenters. The van der Waals surface area contributed by atoms with E-state index in [0.717, 1.165) is 17.5 Å². The number of amides is 1. The zero-order valence-electron chi connectivity index (χ0n) is 18.9. The van der Waals surface area contributed by atoms with E-state index in [-0.39, 0.29) is 12.1 Å². The highest BCUT2D eigenvalue weighted by Gasteiger charge is 2.43. The number of ether oxygens (including phenoxy) is 1. The number of aliphatic hydroxyl groups is 1. The van der Waals surface area contributed by atoms with Crippen molar-refractivity contribution in [1.29, 1.82) is 0 Å². The summed E-state index contributed by atoms with van der Waals surface area (Å²) < 4.78 is 5.77. The van der Waals surface area contributed by atoms with Gasteiger partial charge in [0, 0.05) is 18.9 Å². The molecule has 0 bridgehead atoms. The monoisotopic (exact) mass is 454 g/mol.